The van der Waals surface area contributed by atoms with Crippen LogP contribution < -0.4 is 10.5 Å². The molecule has 0 amide bonds. The predicted molar refractivity (Wildman–Crippen MR) is 107 cm³/mol. The lowest BCUT2D eigenvalue weighted by molar-refractivity contribution is 0.122. The third-order valence-corrected chi connectivity index (χ3v) is 5.55. The molecule has 0 radical (unpaired) electrons. The number of aromatic amines is 1. The van der Waals surface area contributed by atoms with E-state index in [0.717, 1.165) is 69.1 Å². The number of rotatable bonds is 5. The van der Waals surface area contributed by atoms with Gasteiger partial charge in [0.05, 0.1) is 18.9 Å². The third-order valence-electron chi connectivity index (χ3n) is 5.55. The molecule has 0 spiro atoms. The van der Waals surface area contributed by atoms with Crippen molar-refractivity contribution in [1.29, 1.82) is 0 Å². The van der Waals surface area contributed by atoms with E-state index < -0.39 is 0 Å². The lowest BCUT2D eigenvalue weighted by atomic mass is 9.93. The molecular weight excluding hydrogens is 356 g/mol. The fraction of sp³-hybridized carbons (Fsp3) is 0.600. The van der Waals surface area contributed by atoms with Gasteiger partial charge in [-0.1, -0.05) is 6.92 Å². The van der Waals surface area contributed by atoms with Crippen molar-refractivity contribution in [3.63, 3.8) is 0 Å². The predicted octanol–water partition coefficient (Wildman–Crippen LogP) is 1.34. The third kappa shape index (κ3) is 4.56. The second kappa shape index (κ2) is 8.79. The van der Waals surface area contributed by atoms with Crippen molar-refractivity contribution in [3.05, 3.63) is 45.9 Å². The van der Waals surface area contributed by atoms with Crippen LogP contribution in [0, 0.1) is 0 Å². The fourth-order valence-corrected chi connectivity index (χ4v) is 3.89. The van der Waals surface area contributed by atoms with Crippen LogP contribution in [0.3, 0.4) is 0 Å². The molecule has 2 aromatic heterocycles. The second-order valence-electron chi connectivity index (χ2n) is 7.50. The van der Waals surface area contributed by atoms with Crippen LogP contribution in [0.15, 0.2) is 23.3 Å². The van der Waals surface area contributed by atoms with Crippen molar-refractivity contribution in [3.8, 4) is 0 Å². The van der Waals surface area contributed by atoms with E-state index in [9.17, 15) is 4.79 Å². The quantitative estimate of drug-likeness (QED) is 0.832. The number of aromatic nitrogens is 4. The van der Waals surface area contributed by atoms with Gasteiger partial charge in [0.2, 0.25) is 5.95 Å². The molecule has 8 nitrogen and oxygen atoms in total. The smallest absolute Gasteiger partial charge is 0.252 e. The summed E-state index contributed by atoms with van der Waals surface area (Å²) in [5, 5.41) is 0. The zero-order chi connectivity index (χ0) is 19.3. The number of likely N-dealkylation sites (tertiary alicyclic amines) is 1. The normalized spacial score (nSPS) is 19.1. The van der Waals surface area contributed by atoms with Crippen molar-refractivity contribution in [2.75, 3.05) is 44.3 Å². The number of hydrogen-bond donors (Lipinski definition) is 1. The first-order chi connectivity index (χ1) is 13.7. The largest absolute Gasteiger partial charge is 0.378 e. The van der Waals surface area contributed by atoms with Crippen molar-refractivity contribution < 1.29 is 4.74 Å². The molecule has 28 heavy (non-hydrogen) atoms. The molecule has 2 aliphatic heterocycles. The Morgan fingerprint density at radius 2 is 1.86 bits per heavy atom. The lowest BCUT2D eigenvalue weighted by Crippen LogP contribution is -2.39. The molecule has 0 bridgehead atoms. The number of piperidine rings is 1. The first-order valence-electron chi connectivity index (χ1n) is 10.2. The van der Waals surface area contributed by atoms with Gasteiger partial charge in [-0.3, -0.25) is 14.7 Å². The van der Waals surface area contributed by atoms with Gasteiger partial charge >= 0.3 is 0 Å². The first kappa shape index (κ1) is 19.0. The zero-order valence-electron chi connectivity index (χ0n) is 16.4. The van der Waals surface area contributed by atoms with Crippen LogP contribution in [-0.4, -0.2) is 64.2 Å². The standard InChI is InChI=1S/C20H28N6O2/c1-2-18-21-12-15(13-22-18)14-25-5-3-16(4-6-25)17-11-19(27)24-20(23-17)26-7-9-28-10-8-26/h11-13,16H,2-10,14H2,1H3,(H,23,24,27). The minimum absolute atomic E-state index is 0.0675. The monoisotopic (exact) mass is 384 g/mol. The molecule has 2 aliphatic rings. The number of H-pyrrole nitrogens is 1. The highest BCUT2D eigenvalue weighted by Gasteiger charge is 2.24. The number of ether oxygens (including phenoxy) is 1. The van der Waals surface area contributed by atoms with E-state index in [4.69, 9.17) is 9.72 Å². The number of anilines is 1. The molecule has 4 rings (SSSR count). The Balaban J connectivity index is 1.37. The highest BCUT2D eigenvalue weighted by Crippen LogP contribution is 2.27. The highest BCUT2D eigenvalue weighted by atomic mass is 16.5. The maximum Gasteiger partial charge on any atom is 0.252 e. The molecule has 1 N–H and O–H groups in total. The summed E-state index contributed by atoms with van der Waals surface area (Å²) in [6.07, 6.45) is 6.75. The summed E-state index contributed by atoms with van der Waals surface area (Å²) < 4.78 is 5.40. The Kier molecular flexibility index (Phi) is 5.97. The number of morpholine rings is 1. The summed E-state index contributed by atoms with van der Waals surface area (Å²) in [5.41, 5.74) is 2.00. The Morgan fingerprint density at radius 3 is 2.54 bits per heavy atom. The van der Waals surface area contributed by atoms with Gasteiger partial charge in [0.25, 0.3) is 5.56 Å². The van der Waals surface area contributed by atoms with Crippen LogP contribution in [0.4, 0.5) is 5.95 Å². The number of hydrogen-bond acceptors (Lipinski definition) is 7. The summed E-state index contributed by atoms with van der Waals surface area (Å²) in [4.78, 5) is 33.2. The molecule has 2 aromatic rings. The average Bonchev–Trinajstić information content (AvgIpc) is 2.75. The lowest BCUT2D eigenvalue weighted by Gasteiger charge is -2.32. The molecule has 2 fully saturated rings. The Morgan fingerprint density at radius 1 is 1.14 bits per heavy atom. The zero-order valence-corrected chi connectivity index (χ0v) is 16.4. The van der Waals surface area contributed by atoms with Crippen molar-refractivity contribution in [2.24, 2.45) is 0 Å². The molecular formula is C20H28N6O2. The van der Waals surface area contributed by atoms with E-state index in [1.165, 1.54) is 0 Å². The maximum absolute atomic E-state index is 12.2. The molecule has 0 aromatic carbocycles. The Hall–Kier alpha value is -2.32. The molecule has 150 valence electrons. The van der Waals surface area contributed by atoms with Crippen LogP contribution in [0.5, 0.6) is 0 Å². The number of aryl methyl sites for hydroxylation is 1. The van der Waals surface area contributed by atoms with E-state index in [0.29, 0.717) is 25.1 Å². The van der Waals surface area contributed by atoms with Gasteiger partial charge in [-0.05, 0) is 25.9 Å². The molecule has 4 heterocycles. The van der Waals surface area contributed by atoms with E-state index in [1.54, 1.807) is 6.07 Å². The minimum atomic E-state index is -0.0675. The van der Waals surface area contributed by atoms with Crippen LogP contribution in [-0.2, 0) is 17.7 Å². The molecule has 0 unspecified atom stereocenters. The van der Waals surface area contributed by atoms with Gasteiger partial charge in [-0.25, -0.2) is 15.0 Å². The van der Waals surface area contributed by atoms with Gasteiger partial charge in [-0.2, -0.15) is 0 Å². The van der Waals surface area contributed by atoms with E-state index in [-0.39, 0.29) is 5.56 Å². The molecule has 8 heteroatoms. The average molecular weight is 384 g/mol. The highest BCUT2D eigenvalue weighted by molar-refractivity contribution is 5.31. The Labute approximate surface area is 165 Å². The van der Waals surface area contributed by atoms with Crippen molar-refractivity contribution in [1.82, 2.24) is 24.8 Å². The summed E-state index contributed by atoms with van der Waals surface area (Å²) in [6.45, 7) is 7.80. The van der Waals surface area contributed by atoms with Crippen molar-refractivity contribution in [2.45, 2.75) is 38.6 Å². The van der Waals surface area contributed by atoms with E-state index in [1.807, 2.05) is 12.4 Å². The first-order valence-corrected chi connectivity index (χ1v) is 10.2. The molecule has 0 saturated carbocycles. The summed E-state index contributed by atoms with van der Waals surface area (Å²) in [5.74, 6) is 1.90. The van der Waals surface area contributed by atoms with E-state index in [2.05, 4.69) is 31.7 Å². The molecule has 2 saturated heterocycles. The van der Waals surface area contributed by atoms with Crippen LogP contribution in [0.2, 0.25) is 0 Å². The molecule has 0 atom stereocenters. The number of nitrogens with zero attached hydrogens (tertiary/aromatic N) is 5. The Bertz CT molecular complexity index is 823. The SMILES string of the molecule is CCc1ncc(CN2CCC(c3cc(=O)[nH]c(N4CCOCC4)n3)CC2)cn1. The van der Waals surface area contributed by atoms with Gasteiger partial charge in [0.15, 0.2) is 0 Å². The minimum Gasteiger partial charge on any atom is -0.378 e. The number of nitrogens with one attached hydrogen (secondary N) is 1. The van der Waals surface area contributed by atoms with Crippen LogP contribution >= 0.6 is 0 Å². The van der Waals surface area contributed by atoms with Crippen LogP contribution in [0.25, 0.3) is 0 Å². The fourth-order valence-electron chi connectivity index (χ4n) is 3.89. The maximum atomic E-state index is 12.2. The summed E-state index contributed by atoms with van der Waals surface area (Å²) >= 11 is 0. The van der Waals surface area contributed by atoms with Gasteiger partial charge in [0.1, 0.15) is 5.82 Å². The second-order valence-corrected chi connectivity index (χ2v) is 7.50. The van der Waals surface area contributed by atoms with Crippen molar-refractivity contribution >= 4 is 5.95 Å². The topological polar surface area (TPSA) is 87.2 Å². The summed E-state index contributed by atoms with van der Waals surface area (Å²) in [7, 11) is 0. The van der Waals surface area contributed by atoms with Gasteiger partial charge < -0.3 is 9.64 Å². The van der Waals surface area contributed by atoms with Gasteiger partial charge in [-0.15, -0.1) is 0 Å². The van der Waals surface area contributed by atoms with Gasteiger partial charge in [0, 0.05) is 56.0 Å². The molecule has 0 aliphatic carbocycles. The van der Waals surface area contributed by atoms with Crippen LogP contribution in [0.1, 0.15) is 42.8 Å². The van der Waals surface area contributed by atoms with E-state index >= 15 is 0 Å². The summed E-state index contributed by atoms with van der Waals surface area (Å²) in [6, 6.07) is 1.67.